The van der Waals surface area contributed by atoms with E-state index in [0.717, 1.165) is 25.1 Å². The first-order chi connectivity index (χ1) is 7.66. The van der Waals surface area contributed by atoms with Gasteiger partial charge in [-0.3, -0.25) is 4.79 Å². The highest BCUT2D eigenvalue weighted by atomic mass is 16.2. The van der Waals surface area contributed by atoms with Crippen LogP contribution in [0.15, 0.2) is 24.3 Å². The average Bonchev–Trinajstić information content (AvgIpc) is 2.19. The predicted molar refractivity (Wildman–Crippen MR) is 64.1 cm³/mol. The molecule has 0 unspecified atom stereocenters. The Bertz CT molecular complexity index is 368. The number of rotatable bonds is 3. The maximum Gasteiger partial charge on any atom is 0.239 e. The maximum absolute atomic E-state index is 11.8. The van der Waals surface area contributed by atoms with Crippen molar-refractivity contribution in [2.24, 2.45) is 5.73 Å². The number of carbonyl (C=O) groups is 1. The second-order valence-corrected chi connectivity index (χ2v) is 4.48. The fourth-order valence-electron chi connectivity index (χ4n) is 1.84. The van der Waals surface area contributed by atoms with Gasteiger partial charge in [-0.1, -0.05) is 29.8 Å². The summed E-state index contributed by atoms with van der Waals surface area (Å²) in [4.78, 5) is 13.6. The van der Waals surface area contributed by atoms with Crippen molar-refractivity contribution in [3.8, 4) is 0 Å². The zero-order valence-corrected chi connectivity index (χ0v) is 9.65. The molecule has 2 N–H and O–H groups in total. The molecular weight excluding hydrogens is 200 g/mol. The molecule has 1 aromatic rings. The summed E-state index contributed by atoms with van der Waals surface area (Å²) < 4.78 is 0. The van der Waals surface area contributed by atoms with Crippen LogP contribution in [-0.4, -0.2) is 29.9 Å². The van der Waals surface area contributed by atoms with E-state index in [9.17, 15) is 4.79 Å². The highest BCUT2D eigenvalue weighted by molar-refractivity contribution is 5.82. The van der Waals surface area contributed by atoms with Crippen molar-refractivity contribution in [3.63, 3.8) is 0 Å². The molecule has 0 radical (unpaired) electrons. The van der Waals surface area contributed by atoms with Gasteiger partial charge < -0.3 is 10.6 Å². The minimum Gasteiger partial charge on any atom is -0.341 e. The number of hydrogen-bond acceptors (Lipinski definition) is 2. The van der Waals surface area contributed by atoms with Crippen molar-refractivity contribution >= 4 is 5.91 Å². The molecule has 0 bridgehead atoms. The molecule has 1 saturated heterocycles. The molecule has 1 heterocycles. The Morgan fingerprint density at radius 3 is 2.50 bits per heavy atom. The lowest BCUT2D eigenvalue weighted by Crippen LogP contribution is -2.50. The molecule has 3 nitrogen and oxygen atoms in total. The molecule has 1 aliphatic heterocycles. The molecule has 1 aliphatic rings. The summed E-state index contributed by atoms with van der Waals surface area (Å²) in [6.45, 7) is 3.80. The number of likely N-dealkylation sites (tertiary alicyclic amines) is 1. The quantitative estimate of drug-likeness (QED) is 0.825. The van der Waals surface area contributed by atoms with Crippen LogP contribution in [-0.2, 0) is 11.2 Å². The van der Waals surface area contributed by atoms with Crippen LogP contribution in [0, 0.1) is 6.92 Å². The monoisotopic (exact) mass is 218 g/mol. The maximum atomic E-state index is 11.8. The van der Waals surface area contributed by atoms with Crippen LogP contribution in [0.3, 0.4) is 0 Å². The van der Waals surface area contributed by atoms with Crippen molar-refractivity contribution < 1.29 is 4.79 Å². The molecule has 3 heteroatoms. The van der Waals surface area contributed by atoms with Gasteiger partial charge >= 0.3 is 0 Å². The summed E-state index contributed by atoms with van der Waals surface area (Å²) in [5, 5.41) is 0. The average molecular weight is 218 g/mol. The van der Waals surface area contributed by atoms with Gasteiger partial charge in [-0.2, -0.15) is 0 Å². The van der Waals surface area contributed by atoms with E-state index in [4.69, 9.17) is 5.73 Å². The molecule has 0 saturated carbocycles. The van der Waals surface area contributed by atoms with Crippen LogP contribution < -0.4 is 5.73 Å². The Hall–Kier alpha value is -1.35. The van der Waals surface area contributed by atoms with E-state index >= 15 is 0 Å². The number of nitrogens with zero attached hydrogens (tertiary/aromatic N) is 1. The van der Waals surface area contributed by atoms with Gasteiger partial charge in [0.15, 0.2) is 0 Å². The van der Waals surface area contributed by atoms with E-state index in [-0.39, 0.29) is 11.9 Å². The van der Waals surface area contributed by atoms with Gasteiger partial charge in [-0.25, -0.2) is 0 Å². The summed E-state index contributed by atoms with van der Waals surface area (Å²) >= 11 is 0. The first-order valence-corrected chi connectivity index (χ1v) is 5.77. The molecule has 1 fully saturated rings. The Kier molecular flexibility index (Phi) is 3.25. The number of nitrogens with two attached hydrogens (primary N) is 1. The molecule has 1 aromatic carbocycles. The molecule has 16 heavy (non-hydrogen) atoms. The summed E-state index contributed by atoms with van der Waals surface area (Å²) in [6.07, 6.45) is 1.75. The first-order valence-electron chi connectivity index (χ1n) is 5.77. The zero-order valence-electron chi connectivity index (χ0n) is 9.65. The van der Waals surface area contributed by atoms with Crippen LogP contribution in [0.4, 0.5) is 0 Å². The van der Waals surface area contributed by atoms with Gasteiger partial charge in [0, 0.05) is 13.1 Å². The Labute approximate surface area is 96.2 Å². The second kappa shape index (κ2) is 4.66. The molecular formula is C13H18N2O. The van der Waals surface area contributed by atoms with Crippen molar-refractivity contribution in [1.82, 2.24) is 4.90 Å². The number of aryl methyl sites for hydroxylation is 1. The third kappa shape index (κ3) is 2.42. The minimum absolute atomic E-state index is 0.0897. The SMILES string of the molecule is Cc1ccc(C[C@H](N)C(=O)N2CCC2)cc1. The minimum atomic E-state index is -0.386. The first kappa shape index (κ1) is 11.1. The third-order valence-electron chi connectivity index (χ3n) is 3.06. The highest BCUT2D eigenvalue weighted by Crippen LogP contribution is 2.11. The van der Waals surface area contributed by atoms with Crippen LogP contribution in [0.2, 0.25) is 0 Å². The fourth-order valence-corrected chi connectivity index (χ4v) is 1.84. The van der Waals surface area contributed by atoms with Crippen LogP contribution in [0.25, 0.3) is 0 Å². The second-order valence-electron chi connectivity index (χ2n) is 4.48. The molecule has 86 valence electrons. The number of hydrogen-bond donors (Lipinski definition) is 1. The molecule has 1 amide bonds. The number of amides is 1. The van der Waals surface area contributed by atoms with Gasteiger partial charge in [-0.05, 0) is 25.3 Å². The summed E-state index contributed by atoms with van der Waals surface area (Å²) in [7, 11) is 0. The lowest BCUT2D eigenvalue weighted by molar-refractivity contribution is -0.136. The van der Waals surface area contributed by atoms with Crippen molar-refractivity contribution in [2.75, 3.05) is 13.1 Å². The normalized spacial score (nSPS) is 16.8. The van der Waals surface area contributed by atoms with E-state index in [1.165, 1.54) is 5.56 Å². The number of benzene rings is 1. The highest BCUT2D eigenvalue weighted by Gasteiger charge is 2.25. The van der Waals surface area contributed by atoms with Gasteiger partial charge in [0.25, 0.3) is 0 Å². The number of carbonyl (C=O) groups excluding carboxylic acids is 1. The summed E-state index contributed by atoms with van der Waals surface area (Å²) in [5.41, 5.74) is 8.27. The lowest BCUT2D eigenvalue weighted by Gasteiger charge is -2.33. The summed E-state index contributed by atoms with van der Waals surface area (Å²) in [6, 6.07) is 7.80. The van der Waals surface area contributed by atoms with Gasteiger partial charge in [0.1, 0.15) is 0 Å². The van der Waals surface area contributed by atoms with Crippen LogP contribution in [0.1, 0.15) is 17.5 Å². The molecule has 0 aliphatic carbocycles. The summed E-state index contributed by atoms with van der Waals surface area (Å²) in [5.74, 6) is 0.0897. The standard InChI is InChI=1S/C13H18N2O/c1-10-3-5-11(6-4-10)9-12(14)13(16)15-7-2-8-15/h3-6,12H,2,7-9,14H2,1H3/t12-/m0/s1. The predicted octanol–water partition coefficient (Wildman–Crippen LogP) is 1.10. The molecule has 0 spiro atoms. The van der Waals surface area contributed by atoms with E-state index < -0.39 is 0 Å². The topological polar surface area (TPSA) is 46.3 Å². The Morgan fingerprint density at radius 1 is 1.38 bits per heavy atom. The van der Waals surface area contributed by atoms with E-state index in [1.54, 1.807) is 0 Å². The largest absolute Gasteiger partial charge is 0.341 e. The molecule has 2 rings (SSSR count). The van der Waals surface area contributed by atoms with Gasteiger partial charge in [-0.15, -0.1) is 0 Å². The molecule has 1 atom stereocenters. The van der Waals surface area contributed by atoms with Gasteiger partial charge in [0.2, 0.25) is 5.91 Å². The third-order valence-corrected chi connectivity index (χ3v) is 3.06. The van der Waals surface area contributed by atoms with Crippen LogP contribution >= 0.6 is 0 Å². The van der Waals surface area contributed by atoms with Crippen molar-refractivity contribution in [2.45, 2.75) is 25.8 Å². The van der Waals surface area contributed by atoms with Crippen molar-refractivity contribution in [1.29, 1.82) is 0 Å². The Morgan fingerprint density at radius 2 is 2.00 bits per heavy atom. The van der Waals surface area contributed by atoms with Gasteiger partial charge in [0.05, 0.1) is 6.04 Å². The van der Waals surface area contributed by atoms with E-state index in [0.29, 0.717) is 6.42 Å². The Balaban J connectivity index is 1.93. The smallest absolute Gasteiger partial charge is 0.239 e. The molecule has 0 aromatic heterocycles. The lowest BCUT2D eigenvalue weighted by atomic mass is 10.0. The van der Waals surface area contributed by atoms with Crippen LogP contribution in [0.5, 0.6) is 0 Å². The van der Waals surface area contributed by atoms with E-state index in [2.05, 4.69) is 19.1 Å². The zero-order chi connectivity index (χ0) is 11.5. The fraction of sp³-hybridized carbons (Fsp3) is 0.462. The van der Waals surface area contributed by atoms with E-state index in [1.807, 2.05) is 17.0 Å². The van der Waals surface area contributed by atoms with Crippen molar-refractivity contribution in [3.05, 3.63) is 35.4 Å².